The summed E-state index contributed by atoms with van der Waals surface area (Å²) in [5, 5.41) is 21.8. The van der Waals surface area contributed by atoms with Gasteiger partial charge in [-0.15, -0.1) is 0 Å². The third-order valence-electron chi connectivity index (χ3n) is 4.64. The number of anilines is 3. The van der Waals surface area contributed by atoms with E-state index < -0.39 is 4.92 Å². The third kappa shape index (κ3) is 5.07. The standard InChI is InChI=1S/C19H25IN6O2/c1-18(2)9-14(10-19(3,4)25-18)24-17-15(26(27)28)16(21-11-22-17)23-13-7-5-12(20)6-8-13/h5-8,11,14,25H,9-10H2,1-4H3,(H2,21,22,23,24). The van der Waals surface area contributed by atoms with Crippen molar-refractivity contribution in [2.75, 3.05) is 10.6 Å². The molecular weight excluding hydrogens is 471 g/mol. The predicted molar refractivity (Wildman–Crippen MR) is 119 cm³/mol. The van der Waals surface area contributed by atoms with Crippen molar-refractivity contribution in [2.45, 2.75) is 57.7 Å². The molecule has 0 spiro atoms. The molecule has 0 amide bonds. The molecule has 9 heteroatoms. The summed E-state index contributed by atoms with van der Waals surface area (Å²) < 4.78 is 1.08. The minimum absolute atomic E-state index is 0.0611. The average molecular weight is 496 g/mol. The highest BCUT2D eigenvalue weighted by Gasteiger charge is 2.38. The van der Waals surface area contributed by atoms with Crippen LogP contribution in [0, 0.1) is 13.7 Å². The van der Waals surface area contributed by atoms with E-state index in [9.17, 15) is 10.1 Å². The Balaban J connectivity index is 1.89. The van der Waals surface area contributed by atoms with Crippen LogP contribution in [-0.2, 0) is 0 Å². The van der Waals surface area contributed by atoms with Gasteiger partial charge in [-0.25, -0.2) is 9.97 Å². The Labute approximate surface area is 178 Å². The average Bonchev–Trinajstić information content (AvgIpc) is 2.54. The van der Waals surface area contributed by atoms with Gasteiger partial charge in [0.15, 0.2) is 0 Å². The highest BCUT2D eigenvalue weighted by molar-refractivity contribution is 14.1. The number of nitro groups is 1. The summed E-state index contributed by atoms with van der Waals surface area (Å²) in [5.74, 6) is 0.419. The number of nitrogens with one attached hydrogen (secondary N) is 3. The van der Waals surface area contributed by atoms with Crippen LogP contribution in [0.15, 0.2) is 30.6 Å². The Morgan fingerprint density at radius 3 is 2.25 bits per heavy atom. The van der Waals surface area contributed by atoms with Crippen molar-refractivity contribution in [1.29, 1.82) is 0 Å². The first-order chi connectivity index (χ1) is 13.0. The second-order valence-electron chi connectivity index (χ2n) is 8.45. The van der Waals surface area contributed by atoms with Crippen LogP contribution >= 0.6 is 22.6 Å². The Morgan fingerprint density at radius 2 is 1.68 bits per heavy atom. The number of benzene rings is 1. The SMILES string of the molecule is CC1(C)CC(Nc2ncnc(Nc3ccc(I)cc3)c2[N+](=O)[O-])CC(C)(C)N1. The zero-order chi connectivity index (χ0) is 20.5. The van der Waals surface area contributed by atoms with Gasteiger partial charge in [-0.3, -0.25) is 10.1 Å². The molecule has 0 bridgehead atoms. The van der Waals surface area contributed by atoms with E-state index in [0.717, 1.165) is 22.1 Å². The van der Waals surface area contributed by atoms with Crippen LogP contribution < -0.4 is 16.0 Å². The molecule has 1 fully saturated rings. The Morgan fingerprint density at radius 1 is 1.11 bits per heavy atom. The van der Waals surface area contributed by atoms with Gasteiger partial charge in [-0.2, -0.15) is 0 Å². The number of piperidine rings is 1. The fourth-order valence-corrected chi connectivity index (χ4v) is 4.40. The van der Waals surface area contributed by atoms with Gasteiger partial charge in [0.1, 0.15) is 6.33 Å². The van der Waals surface area contributed by atoms with E-state index in [4.69, 9.17) is 0 Å². The number of aromatic nitrogens is 2. The molecule has 1 aliphatic rings. The van der Waals surface area contributed by atoms with E-state index in [1.54, 1.807) is 0 Å². The van der Waals surface area contributed by atoms with Crippen LogP contribution in [0.4, 0.5) is 23.0 Å². The molecule has 1 aromatic heterocycles. The highest BCUT2D eigenvalue weighted by Crippen LogP contribution is 2.35. The molecule has 0 radical (unpaired) electrons. The molecule has 3 N–H and O–H groups in total. The van der Waals surface area contributed by atoms with Crippen molar-refractivity contribution in [2.24, 2.45) is 0 Å². The summed E-state index contributed by atoms with van der Waals surface area (Å²) in [7, 11) is 0. The molecule has 1 aromatic carbocycles. The van der Waals surface area contributed by atoms with Crippen molar-refractivity contribution in [3.63, 3.8) is 0 Å². The molecule has 1 aliphatic heterocycles. The lowest BCUT2D eigenvalue weighted by atomic mass is 9.79. The Kier molecular flexibility index (Phi) is 5.76. The molecule has 150 valence electrons. The zero-order valence-corrected chi connectivity index (χ0v) is 18.6. The van der Waals surface area contributed by atoms with Crippen molar-refractivity contribution in [3.05, 3.63) is 44.3 Å². The first-order valence-corrected chi connectivity index (χ1v) is 10.2. The molecule has 0 unspecified atom stereocenters. The van der Waals surface area contributed by atoms with Gasteiger partial charge in [-0.05, 0) is 87.4 Å². The molecule has 3 rings (SSSR count). The number of halogens is 1. The molecule has 2 heterocycles. The van der Waals surface area contributed by atoms with E-state index in [0.29, 0.717) is 0 Å². The molecule has 8 nitrogen and oxygen atoms in total. The lowest BCUT2D eigenvalue weighted by Gasteiger charge is -2.46. The quantitative estimate of drug-likeness (QED) is 0.319. The first-order valence-electron chi connectivity index (χ1n) is 9.12. The van der Waals surface area contributed by atoms with Gasteiger partial charge in [0.2, 0.25) is 11.6 Å². The van der Waals surface area contributed by atoms with E-state index in [1.165, 1.54) is 6.33 Å². The fourth-order valence-electron chi connectivity index (χ4n) is 4.04. The largest absolute Gasteiger partial charge is 0.361 e. The van der Waals surface area contributed by atoms with Gasteiger partial charge in [0.05, 0.1) is 4.92 Å². The highest BCUT2D eigenvalue weighted by atomic mass is 127. The topological polar surface area (TPSA) is 105 Å². The maximum Gasteiger partial charge on any atom is 0.353 e. The normalized spacial score (nSPS) is 18.5. The maximum atomic E-state index is 11.8. The molecule has 1 saturated heterocycles. The summed E-state index contributed by atoms with van der Waals surface area (Å²) in [6.45, 7) is 8.56. The van der Waals surface area contributed by atoms with E-state index in [-0.39, 0.29) is 34.4 Å². The van der Waals surface area contributed by atoms with E-state index >= 15 is 0 Å². The molecule has 2 aromatic rings. The summed E-state index contributed by atoms with van der Waals surface area (Å²) in [6.07, 6.45) is 3.01. The van der Waals surface area contributed by atoms with Crippen molar-refractivity contribution in [3.8, 4) is 0 Å². The molecule has 28 heavy (non-hydrogen) atoms. The summed E-state index contributed by atoms with van der Waals surface area (Å²) in [5.41, 5.74) is 0.431. The van der Waals surface area contributed by atoms with Crippen LogP contribution in [0.2, 0.25) is 0 Å². The third-order valence-corrected chi connectivity index (χ3v) is 5.36. The number of hydrogen-bond acceptors (Lipinski definition) is 7. The van der Waals surface area contributed by atoms with E-state index in [2.05, 4.69) is 76.2 Å². The van der Waals surface area contributed by atoms with Gasteiger partial charge in [-0.1, -0.05) is 0 Å². The minimum atomic E-state index is -0.436. The van der Waals surface area contributed by atoms with Crippen molar-refractivity contribution < 1.29 is 4.92 Å². The van der Waals surface area contributed by atoms with Gasteiger partial charge in [0.25, 0.3) is 0 Å². The zero-order valence-electron chi connectivity index (χ0n) is 16.4. The van der Waals surface area contributed by atoms with Crippen LogP contribution in [0.1, 0.15) is 40.5 Å². The summed E-state index contributed by atoms with van der Waals surface area (Å²) in [6, 6.07) is 7.63. The van der Waals surface area contributed by atoms with E-state index in [1.807, 2.05) is 24.3 Å². The number of rotatable bonds is 5. The summed E-state index contributed by atoms with van der Waals surface area (Å²) >= 11 is 2.21. The van der Waals surface area contributed by atoms with Gasteiger partial charge in [0, 0.05) is 26.4 Å². The summed E-state index contributed by atoms with van der Waals surface area (Å²) in [4.78, 5) is 19.7. The lowest BCUT2D eigenvalue weighted by Crippen LogP contribution is -2.60. The van der Waals surface area contributed by atoms with Crippen molar-refractivity contribution in [1.82, 2.24) is 15.3 Å². The van der Waals surface area contributed by atoms with Gasteiger partial charge >= 0.3 is 5.69 Å². The smallest absolute Gasteiger partial charge is 0.353 e. The molecule has 0 saturated carbocycles. The first kappa shape index (κ1) is 20.7. The minimum Gasteiger partial charge on any atom is -0.361 e. The second-order valence-corrected chi connectivity index (χ2v) is 9.70. The van der Waals surface area contributed by atoms with Crippen LogP contribution in [-0.4, -0.2) is 32.0 Å². The molecule has 0 atom stereocenters. The molecular formula is C19H25IN6O2. The fraction of sp³-hybridized carbons (Fsp3) is 0.474. The predicted octanol–water partition coefficient (Wildman–Crippen LogP) is 4.45. The second kappa shape index (κ2) is 7.78. The number of nitrogens with zero attached hydrogens (tertiary/aromatic N) is 3. The van der Waals surface area contributed by atoms with Gasteiger partial charge < -0.3 is 16.0 Å². The maximum absolute atomic E-state index is 11.8. The van der Waals surface area contributed by atoms with Crippen molar-refractivity contribution >= 4 is 45.6 Å². The van der Waals surface area contributed by atoms with Crippen LogP contribution in [0.25, 0.3) is 0 Å². The van der Waals surface area contributed by atoms with Crippen LogP contribution in [0.3, 0.4) is 0 Å². The molecule has 0 aliphatic carbocycles. The Hall–Kier alpha value is -2.01. The lowest BCUT2D eigenvalue weighted by molar-refractivity contribution is -0.383. The Bertz CT molecular complexity index is 853. The number of hydrogen-bond donors (Lipinski definition) is 3. The monoisotopic (exact) mass is 496 g/mol. The van der Waals surface area contributed by atoms with Crippen LogP contribution in [0.5, 0.6) is 0 Å².